The Bertz CT molecular complexity index is 1340. The molecule has 2 aromatic carbocycles. The van der Waals surface area contributed by atoms with Crippen molar-refractivity contribution in [3.05, 3.63) is 86.4 Å². The fraction of sp³-hybridized carbons (Fsp3) is 0.345. The average Bonchev–Trinajstić information content (AvgIpc) is 3.32. The van der Waals surface area contributed by atoms with E-state index in [1.54, 1.807) is 62.6 Å². The number of carbonyl (C=O) groups is 3. The van der Waals surface area contributed by atoms with Gasteiger partial charge in [-0.2, -0.15) is 0 Å². The number of allylic oxidation sites excluding steroid dienone is 2. The van der Waals surface area contributed by atoms with Crippen LogP contribution in [-0.2, 0) is 29.9 Å². The molecule has 7 nitrogen and oxygen atoms in total. The number of rotatable bonds is 6. The molecule has 0 radical (unpaired) electrons. The van der Waals surface area contributed by atoms with Crippen LogP contribution in [0.2, 0.25) is 0 Å². The van der Waals surface area contributed by atoms with E-state index in [9.17, 15) is 14.4 Å². The second kappa shape index (κ2) is 9.74. The van der Waals surface area contributed by atoms with Gasteiger partial charge in [0.05, 0.1) is 37.3 Å². The Morgan fingerprint density at radius 2 is 1.62 bits per heavy atom. The first-order valence-electron chi connectivity index (χ1n) is 12.0. The number of thioether (sulfide) groups is 1. The Hall–Kier alpha value is -3.52. The van der Waals surface area contributed by atoms with Gasteiger partial charge in [-0.05, 0) is 51.0 Å². The summed E-state index contributed by atoms with van der Waals surface area (Å²) in [4.78, 5) is 45.4. The van der Waals surface area contributed by atoms with Crippen LogP contribution in [-0.4, -0.2) is 50.5 Å². The Morgan fingerprint density at radius 1 is 0.973 bits per heavy atom. The molecule has 0 spiro atoms. The molecule has 0 saturated heterocycles. The van der Waals surface area contributed by atoms with Crippen LogP contribution >= 0.6 is 11.8 Å². The quantitative estimate of drug-likeness (QED) is 0.390. The van der Waals surface area contributed by atoms with Gasteiger partial charge in [0, 0.05) is 22.7 Å². The van der Waals surface area contributed by atoms with Crippen LogP contribution < -0.4 is 4.74 Å². The van der Waals surface area contributed by atoms with Crippen molar-refractivity contribution in [2.45, 2.75) is 38.5 Å². The number of hydrogen-bond acceptors (Lipinski definition) is 8. The van der Waals surface area contributed by atoms with Crippen LogP contribution in [0.3, 0.4) is 0 Å². The first kappa shape index (κ1) is 26.5. The van der Waals surface area contributed by atoms with Crippen molar-refractivity contribution < 1.29 is 28.6 Å². The summed E-state index contributed by atoms with van der Waals surface area (Å²) in [6, 6.07) is 13.9. The molecule has 1 aliphatic heterocycles. The highest BCUT2D eigenvalue weighted by molar-refractivity contribution is 8.07. The zero-order valence-corrected chi connectivity index (χ0v) is 22.9. The molecule has 8 heteroatoms. The van der Waals surface area contributed by atoms with E-state index in [2.05, 4.69) is 0 Å². The maximum Gasteiger partial charge on any atom is 0.338 e. The number of fused-ring (bicyclic) bond motifs is 1. The monoisotopic (exact) mass is 521 g/mol. The van der Waals surface area contributed by atoms with E-state index in [1.807, 2.05) is 25.7 Å². The highest BCUT2D eigenvalue weighted by atomic mass is 32.2. The zero-order valence-electron chi connectivity index (χ0n) is 22.1. The molecule has 194 valence electrons. The minimum atomic E-state index is -1.82. The number of carbonyl (C=O) groups excluding carboxylic acids is 3. The van der Waals surface area contributed by atoms with Gasteiger partial charge in [0.25, 0.3) is 0 Å². The summed E-state index contributed by atoms with van der Waals surface area (Å²) in [5.41, 5.74) is -0.976. The number of methoxy groups -OCH3 is 3. The summed E-state index contributed by atoms with van der Waals surface area (Å²) in [5.74, 6) is -1.09. The molecule has 0 saturated carbocycles. The van der Waals surface area contributed by atoms with E-state index in [-0.39, 0.29) is 11.4 Å². The fourth-order valence-electron chi connectivity index (χ4n) is 5.63. The maximum absolute atomic E-state index is 14.4. The number of benzene rings is 2. The van der Waals surface area contributed by atoms with Crippen molar-refractivity contribution in [1.29, 1.82) is 0 Å². The molecule has 2 atom stereocenters. The number of hydrogen-bond donors (Lipinski definition) is 0. The number of nitrogens with zero attached hydrogens (tertiary/aromatic N) is 1. The van der Waals surface area contributed by atoms with Gasteiger partial charge in [-0.25, -0.2) is 4.79 Å². The first-order valence-corrected chi connectivity index (χ1v) is 12.8. The Kier molecular flexibility index (Phi) is 6.99. The van der Waals surface area contributed by atoms with E-state index in [4.69, 9.17) is 14.2 Å². The van der Waals surface area contributed by atoms with Gasteiger partial charge in [0.1, 0.15) is 11.2 Å². The van der Waals surface area contributed by atoms with Crippen molar-refractivity contribution in [2.24, 2.45) is 0 Å². The Balaban J connectivity index is 2.22. The molecule has 1 heterocycles. The molecule has 2 aromatic rings. The van der Waals surface area contributed by atoms with Crippen LogP contribution in [0, 0.1) is 0 Å². The van der Waals surface area contributed by atoms with Gasteiger partial charge in [-0.1, -0.05) is 48.2 Å². The molecular weight excluding hydrogens is 490 g/mol. The van der Waals surface area contributed by atoms with Gasteiger partial charge in [0.2, 0.25) is 0 Å². The lowest BCUT2D eigenvalue weighted by Gasteiger charge is -2.43. The van der Waals surface area contributed by atoms with E-state index in [1.165, 1.54) is 26.0 Å². The van der Waals surface area contributed by atoms with Crippen molar-refractivity contribution in [3.8, 4) is 5.75 Å². The highest BCUT2D eigenvalue weighted by Crippen LogP contribution is 2.60. The molecular formula is C29H31NO6S. The first-order chi connectivity index (χ1) is 17.6. The van der Waals surface area contributed by atoms with Crippen LogP contribution in [0.15, 0.2) is 69.7 Å². The fourth-order valence-corrected chi connectivity index (χ4v) is 6.89. The highest BCUT2D eigenvalue weighted by Gasteiger charge is 2.70. The van der Waals surface area contributed by atoms with Crippen molar-refractivity contribution in [3.63, 3.8) is 0 Å². The Morgan fingerprint density at radius 3 is 2.19 bits per heavy atom. The molecule has 4 rings (SSSR count). The van der Waals surface area contributed by atoms with Crippen LogP contribution in [0.1, 0.15) is 49.2 Å². The second-order valence-corrected chi connectivity index (χ2v) is 10.3. The predicted molar refractivity (Wildman–Crippen MR) is 142 cm³/mol. The maximum atomic E-state index is 14.4. The van der Waals surface area contributed by atoms with E-state index < -0.39 is 22.8 Å². The lowest BCUT2D eigenvalue weighted by Crippen LogP contribution is -2.56. The van der Waals surface area contributed by atoms with E-state index in [0.717, 1.165) is 10.6 Å². The molecule has 2 aliphatic rings. The second-order valence-electron chi connectivity index (χ2n) is 9.13. The van der Waals surface area contributed by atoms with Gasteiger partial charge >= 0.3 is 11.9 Å². The molecule has 0 bridgehead atoms. The number of Topliss-reactive ketones (excluding diaryl/α,β-unsaturated/α-hetero) is 1. The molecule has 37 heavy (non-hydrogen) atoms. The third-order valence-corrected chi connectivity index (χ3v) is 8.86. The normalized spacial score (nSPS) is 24.2. The number of esters is 2. The molecule has 1 aliphatic carbocycles. The van der Waals surface area contributed by atoms with Gasteiger partial charge in [-0.15, -0.1) is 0 Å². The average molecular weight is 522 g/mol. The van der Waals surface area contributed by atoms with Gasteiger partial charge < -0.3 is 19.1 Å². The summed E-state index contributed by atoms with van der Waals surface area (Å²) < 4.78 is 16.1. The van der Waals surface area contributed by atoms with E-state index >= 15 is 0 Å². The SMILES string of the molecule is CCN1C(C)=C(C)S/C1=C(/C(=O)OC)[C@@]1(C(=O)OC)c2ccccc2C(=O)[C@]1(C)c1ccc(OC)cc1. The third kappa shape index (κ3) is 3.53. The van der Waals surface area contributed by atoms with Gasteiger partial charge in [0.15, 0.2) is 5.78 Å². The third-order valence-electron chi connectivity index (χ3n) is 7.64. The largest absolute Gasteiger partial charge is 0.497 e. The Labute approximate surface area is 221 Å². The lowest BCUT2D eigenvalue weighted by atomic mass is 9.57. The summed E-state index contributed by atoms with van der Waals surface area (Å²) in [6.07, 6.45) is 0. The van der Waals surface area contributed by atoms with Crippen molar-refractivity contribution in [2.75, 3.05) is 27.9 Å². The molecule has 0 amide bonds. The summed E-state index contributed by atoms with van der Waals surface area (Å²) >= 11 is 1.39. The summed E-state index contributed by atoms with van der Waals surface area (Å²) in [7, 11) is 4.11. The zero-order chi connectivity index (χ0) is 27.1. The van der Waals surface area contributed by atoms with Crippen LogP contribution in [0.4, 0.5) is 0 Å². The topological polar surface area (TPSA) is 82.1 Å². The number of ketones is 1. The standard InChI is InChI=1S/C29H31NO6S/c1-8-30-17(2)18(3)37-25(30)23(26(32)35-6)29(27(33)36-7)22-12-10-9-11-21(22)24(31)28(29,4)19-13-15-20(34-5)16-14-19/h9-16H,8H2,1-7H3/b25-23-/t28-,29+/m0/s1. The molecule has 0 aromatic heterocycles. The summed E-state index contributed by atoms with van der Waals surface area (Å²) in [5, 5.41) is 0.555. The molecule has 0 N–H and O–H groups in total. The number of ether oxygens (including phenoxy) is 3. The van der Waals surface area contributed by atoms with E-state index in [0.29, 0.717) is 34.0 Å². The molecule has 0 fully saturated rings. The lowest BCUT2D eigenvalue weighted by molar-refractivity contribution is -0.151. The van der Waals surface area contributed by atoms with Gasteiger partial charge in [-0.3, -0.25) is 9.59 Å². The van der Waals surface area contributed by atoms with Crippen molar-refractivity contribution >= 4 is 29.5 Å². The predicted octanol–water partition coefficient (Wildman–Crippen LogP) is 4.96. The minimum absolute atomic E-state index is 0.0847. The van der Waals surface area contributed by atoms with Crippen LogP contribution in [0.5, 0.6) is 5.75 Å². The molecule has 0 unspecified atom stereocenters. The van der Waals surface area contributed by atoms with Crippen LogP contribution in [0.25, 0.3) is 0 Å². The minimum Gasteiger partial charge on any atom is -0.497 e. The summed E-state index contributed by atoms with van der Waals surface area (Å²) in [6.45, 7) is 8.16. The van der Waals surface area contributed by atoms with Crippen molar-refractivity contribution in [1.82, 2.24) is 4.90 Å². The smallest absolute Gasteiger partial charge is 0.338 e.